The van der Waals surface area contributed by atoms with Crippen LogP contribution in [0.4, 0.5) is 11.5 Å². The van der Waals surface area contributed by atoms with E-state index < -0.39 is 0 Å². The lowest BCUT2D eigenvalue weighted by atomic mass is 9.96. The number of piperidine rings is 1. The Bertz CT molecular complexity index is 913. The summed E-state index contributed by atoms with van der Waals surface area (Å²) in [6, 6.07) is 7.94. The molecule has 3 rings (SSSR count). The highest BCUT2D eigenvalue weighted by Crippen LogP contribution is 2.25. The summed E-state index contributed by atoms with van der Waals surface area (Å²) < 4.78 is 0. The molecule has 1 fully saturated rings. The molecular formula is C23H31N5O2S. The normalized spacial score (nSPS) is 14.4. The van der Waals surface area contributed by atoms with E-state index in [1.54, 1.807) is 6.33 Å². The van der Waals surface area contributed by atoms with Gasteiger partial charge in [0.15, 0.2) is 0 Å². The van der Waals surface area contributed by atoms with Gasteiger partial charge in [-0.2, -0.15) is 0 Å². The molecule has 1 aromatic carbocycles. The Hall–Kier alpha value is -2.61. The van der Waals surface area contributed by atoms with Gasteiger partial charge in [0.2, 0.25) is 11.8 Å². The lowest BCUT2D eigenvalue weighted by molar-refractivity contribution is -0.125. The molecule has 0 bridgehead atoms. The van der Waals surface area contributed by atoms with E-state index in [1.165, 1.54) is 11.8 Å². The van der Waals surface area contributed by atoms with Gasteiger partial charge >= 0.3 is 0 Å². The van der Waals surface area contributed by atoms with Crippen LogP contribution in [0.3, 0.4) is 0 Å². The molecule has 1 aliphatic heterocycles. The minimum Gasteiger partial charge on any atom is -0.356 e. The Balaban J connectivity index is 1.51. The van der Waals surface area contributed by atoms with E-state index in [1.807, 2.05) is 38.1 Å². The maximum Gasteiger partial charge on any atom is 0.234 e. The third kappa shape index (κ3) is 6.69. The molecule has 2 N–H and O–H groups in total. The first-order chi connectivity index (χ1) is 15.0. The molecule has 0 aliphatic carbocycles. The fourth-order valence-corrected chi connectivity index (χ4v) is 4.20. The molecule has 166 valence electrons. The highest BCUT2D eigenvalue weighted by atomic mass is 32.2. The van der Waals surface area contributed by atoms with Crippen molar-refractivity contribution in [1.29, 1.82) is 0 Å². The molecular weight excluding hydrogens is 410 g/mol. The van der Waals surface area contributed by atoms with Gasteiger partial charge in [-0.15, -0.1) is 0 Å². The minimum atomic E-state index is -0.0576. The van der Waals surface area contributed by atoms with Gasteiger partial charge in [0.05, 0.1) is 5.75 Å². The lowest BCUT2D eigenvalue weighted by Crippen LogP contribution is -2.41. The van der Waals surface area contributed by atoms with Gasteiger partial charge in [0.1, 0.15) is 17.2 Å². The molecule has 0 spiro atoms. The van der Waals surface area contributed by atoms with Crippen LogP contribution in [0.1, 0.15) is 37.3 Å². The maximum absolute atomic E-state index is 12.4. The van der Waals surface area contributed by atoms with Crippen LogP contribution in [-0.2, 0) is 9.59 Å². The number of carbonyl (C=O) groups excluding carboxylic acids is 2. The van der Waals surface area contributed by atoms with Gasteiger partial charge in [-0.1, -0.05) is 30.8 Å². The summed E-state index contributed by atoms with van der Waals surface area (Å²) in [5.74, 6) is 1.31. The monoisotopic (exact) mass is 441 g/mol. The van der Waals surface area contributed by atoms with Crippen molar-refractivity contribution in [2.75, 3.05) is 35.6 Å². The first-order valence-corrected chi connectivity index (χ1v) is 11.8. The summed E-state index contributed by atoms with van der Waals surface area (Å²) >= 11 is 1.40. The number of nitrogens with zero attached hydrogens (tertiary/aromatic N) is 3. The number of hydrogen-bond acceptors (Lipinski definition) is 6. The van der Waals surface area contributed by atoms with Gasteiger partial charge in [0.25, 0.3) is 0 Å². The van der Waals surface area contributed by atoms with Gasteiger partial charge < -0.3 is 15.5 Å². The number of benzene rings is 1. The third-order valence-corrected chi connectivity index (χ3v) is 6.31. The molecule has 2 amide bonds. The Morgan fingerprint density at radius 2 is 1.94 bits per heavy atom. The van der Waals surface area contributed by atoms with E-state index in [4.69, 9.17) is 0 Å². The topological polar surface area (TPSA) is 87.2 Å². The number of hydrogen-bond donors (Lipinski definition) is 2. The molecule has 7 nitrogen and oxygen atoms in total. The van der Waals surface area contributed by atoms with Crippen LogP contribution in [0.5, 0.6) is 0 Å². The number of amides is 2. The quantitative estimate of drug-likeness (QED) is 0.481. The molecule has 31 heavy (non-hydrogen) atoms. The number of nitrogens with one attached hydrogen (secondary N) is 2. The highest BCUT2D eigenvalue weighted by molar-refractivity contribution is 7.99. The zero-order valence-corrected chi connectivity index (χ0v) is 19.3. The molecule has 1 saturated heterocycles. The van der Waals surface area contributed by atoms with Crippen LogP contribution < -0.4 is 15.5 Å². The van der Waals surface area contributed by atoms with Gasteiger partial charge in [0, 0.05) is 37.3 Å². The lowest BCUT2D eigenvalue weighted by Gasteiger charge is -2.32. The minimum absolute atomic E-state index is 0.0576. The van der Waals surface area contributed by atoms with Crippen LogP contribution >= 0.6 is 11.8 Å². The molecule has 0 atom stereocenters. The molecule has 1 aromatic heterocycles. The second kappa shape index (κ2) is 11.1. The Morgan fingerprint density at radius 3 is 2.68 bits per heavy atom. The number of thioether (sulfide) groups is 1. The fraction of sp³-hybridized carbons (Fsp3) is 0.478. The predicted octanol–water partition coefficient (Wildman–Crippen LogP) is 3.57. The fourth-order valence-electron chi connectivity index (χ4n) is 3.54. The van der Waals surface area contributed by atoms with Crippen molar-refractivity contribution in [3.05, 3.63) is 41.7 Å². The number of anilines is 2. The predicted molar refractivity (Wildman–Crippen MR) is 126 cm³/mol. The second-order valence-corrected chi connectivity index (χ2v) is 8.92. The molecule has 2 aromatic rings. The summed E-state index contributed by atoms with van der Waals surface area (Å²) in [6.07, 6.45) is 4.13. The van der Waals surface area contributed by atoms with Gasteiger partial charge in [-0.25, -0.2) is 9.97 Å². The molecule has 8 heteroatoms. The summed E-state index contributed by atoms with van der Waals surface area (Å²) in [5.41, 5.74) is 3.00. The number of aryl methyl sites for hydroxylation is 2. The van der Waals surface area contributed by atoms with Crippen LogP contribution in [0, 0.1) is 19.8 Å². The van der Waals surface area contributed by atoms with E-state index >= 15 is 0 Å². The second-order valence-electron chi connectivity index (χ2n) is 7.92. The smallest absolute Gasteiger partial charge is 0.234 e. The van der Waals surface area contributed by atoms with Crippen LogP contribution in [0.15, 0.2) is 35.6 Å². The van der Waals surface area contributed by atoms with Crippen molar-refractivity contribution < 1.29 is 9.59 Å². The highest BCUT2D eigenvalue weighted by Gasteiger charge is 2.25. The summed E-state index contributed by atoms with van der Waals surface area (Å²) in [7, 11) is 0. The first kappa shape index (κ1) is 23.1. The zero-order chi connectivity index (χ0) is 22.2. The number of aromatic nitrogens is 2. The van der Waals surface area contributed by atoms with E-state index in [-0.39, 0.29) is 23.5 Å². The molecule has 2 heterocycles. The third-order valence-electron chi connectivity index (χ3n) is 5.38. The number of carbonyl (C=O) groups is 2. The Labute approximate surface area is 188 Å². The van der Waals surface area contributed by atoms with E-state index in [0.29, 0.717) is 0 Å². The van der Waals surface area contributed by atoms with Crippen molar-refractivity contribution in [2.24, 2.45) is 5.92 Å². The maximum atomic E-state index is 12.4. The van der Waals surface area contributed by atoms with Crippen LogP contribution in [-0.4, -0.2) is 47.2 Å². The van der Waals surface area contributed by atoms with Crippen LogP contribution in [0.25, 0.3) is 0 Å². The van der Waals surface area contributed by atoms with E-state index in [2.05, 4.69) is 32.4 Å². The number of rotatable bonds is 8. The summed E-state index contributed by atoms with van der Waals surface area (Å²) in [5, 5.41) is 6.74. The average Bonchev–Trinajstić information content (AvgIpc) is 2.79. The average molecular weight is 442 g/mol. The van der Waals surface area contributed by atoms with Crippen molar-refractivity contribution in [2.45, 2.75) is 45.1 Å². The SMILES string of the molecule is CCCNC(=O)C1CCN(c2cc(SCC(=O)Nc3cc(C)ccc3C)ncn2)CC1. The zero-order valence-electron chi connectivity index (χ0n) is 18.5. The molecule has 1 aliphatic rings. The van der Waals surface area contributed by atoms with Crippen molar-refractivity contribution in [3.63, 3.8) is 0 Å². The van der Waals surface area contributed by atoms with Crippen molar-refractivity contribution in [3.8, 4) is 0 Å². The van der Waals surface area contributed by atoms with E-state index in [9.17, 15) is 9.59 Å². The van der Waals surface area contributed by atoms with E-state index in [0.717, 1.165) is 66.6 Å². The molecule has 0 radical (unpaired) electrons. The molecule has 0 unspecified atom stereocenters. The van der Waals surface area contributed by atoms with Gasteiger partial charge in [-0.3, -0.25) is 9.59 Å². The Kier molecular flexibility index (Phi) is 8.28. The van der Waals surface area contributed by atoms with Crippen molar-refractivity contribution >= 4 is 35.1 Å². The summed E-state index contributed by atoms with van der Waals surface area (Å²) in [4.78, 5) is 35.5. The van der Waals surface area contributed by atoms with Crippen LogP contribution in [0.2, 0.25) is 0 Å². The Morgan fingerprint density at radius 1 is 1.16 bits per heavy atom. The standard InChI is InChI=1S/C23H31N5O2S/c1-4-9-24-23(30)18-7-10-28(11-8-18)20-13-22(26-15-25-20)31-14-21(29)27-19-12-16(2)5-6-17(19)3/h5-6,12-13,15,18H,4,7-11,14H2,1-3H3,(H,24,30)(H,27,29). The molecule has 0 saturated carbocycles. The first-order valence-electron chi connectivity index (χ1n) is 10.8. The van der Waals surface area contributed by atoms with Crippen molar-refractivity contribution in [1.82, 2.24) is 15.3 Å². The van der Waals surface area contributed by atoms with Gasteiger partial charge in [-0.05, 0) is 50.3 Å². The largest absolute Gasteiger partial charge is 0.356 e. The summed E-state index contributed by atoms with van der Waals surface area (Å²) in [6.45, 7) is 8.36.